The van der Waals surface area contributed by atoms with Gasteiger partial charge in [-0.25, -0.2) is 9.18 Å². The van der Waals surface area contributed by atoms with Crippen LogP contribution in [0, 0.1) is 12.7 Å². The number of hydrogen-bond donors (Lipinski definition) is 0. The van der Waals surface area contributed by atoms with Gasteiger partial charge in [0.1, 0.15) is 11.6 Å². The lowest BCUT2D eigenvalue weighted by molar-refractivity contribution is 0.398. The lowest BCUT2D eigenvalue weighted by Gasteiger charge is -2.25. The fraction of sp³-hybridized carbons (Fsp3) is 0.500. The van der Waals surface area contributed by atoms with Gasteiger partial charge < -0.3 is 4.74 Å². The minimum Gasteiger partial charge on any atom is -0.496 e. The number of ether oxygens (including phenoxy) is 1. The second-order valence-corrected chi connectivity index (χ2v) is 4.72. The standard InChI is InChI=1S/C14H16FNO2/c1-10-12(7-11(15)8-13(10)18-2)14(16-9-17)5-3-4-6-14/h7-8H,3-6H2,1-2H3. The number of isocyanates is 1. The Morgan fingerprint density at radius 1 is 1.39 bits per heavy atom. The van der Waals surface area contributed by atoms with Gasteiger partial charge in [-0.1, -0.05) is 12.8 Å². The van der Waals surface area contributed by atoms with Crippen molar-refractivity contribution in [1.29, 1.82) is 0 Å². The number of halogens is 1. The van der Waals surface area contributed by atoms with Gasteiger partial charge in [0.05, 0.1) is 12.6 Å². The minimum atomic E-state index is -0.610. The maximum absolute atomic E-state index is 13.6. The van der Waals surface area contributed by atoms with Crippen molar-refractivity contribution in [2.24, 2.45) is 4.99 Å². The van der Waals surface area contributed by atoms with E-state index in [0.717, 1.165) is 36.8 Å². The molecule has 2 rings (SSSR count). The van der Waals surface area contributed by atoms with Gasteiger partial charge in [-0.05, 0) is 37.0 Å². The Hall–Kier alpha value is -1.67. The molecule has 0 aliphatic heterocycles. The van der Waals surface area contributed by atoms with E-state index in [2.05, 4.69) is 4.99 Å². The number of aliphatic imine (C=N–C) groups is 1. The molecule has 0 unspecified atom stereocenters. The van der Waals surface area contributed by atoms with E-state index in [0.29, 0.717) is 5.75 Å². The molecule has 0 atom stereocenters. The van der Waals surface area contributed by atoms with Crippen LogP contribution >= 0.6 is 0 Å². The summed E-state index contributed by atoms with van der Waals surface area (Å²) in [4.78, 5) is 14.6. The minimum absolute atomic E-state index is 0.361. The molecule has 0 radical (unpaired) electrons. The molecule has 1 aromatic carbocycles. The topological polar surface area (TPSA) is 38.7 Å². The van der Waals surface area contributed by atoms with Crippen LogP contribution in [-0.2, 0) is 10.3 Å². The molecule has 1 aliphatic rings. The van der Waals surface area contributed by atoms with Crippen molar-refractivity contribution in [2.75, 3.05) is 7.11 Å². The van der Waals surface area contributed by atoms with Crippen LogP contribution in [0.5, 0.6) is 5.75 Å². The van der Waals surface area contributed by atoms with Crippen molar-refractivity contribution in [1.82, 2.24) is 0 Å². The van der Waals surface area contributed by atoms with Crippen LogP contribution in [0.3, 0.4) is 0 Å². The fourth-order valence-electron chi connectivity index (χ4n) is 2.84. The molecule has 0 saturated heterocycles. The summed E-state index contributed by atoms with van der Waals surface area (Å²) in [6, 6.07) is 2.82. The molecule has 0 amide bonds. The van der Waals surface area contributed by atoms with E-state index in [4.69, 9.17) is 4.74 Å². The molecule has 4 heteroatoms. The van der Waals surface area contributed by atoms with E-state index >= 15 is 0 Å². The van der Waals surface area contributed by atoms with Crippen molar-refractivity contribution in [2.45, 2.75) is 38.1 Å². The van der Waals surface area contributed by atoms with Crippen LogP contribution in [0.15, 0.2) is 17.1 Å². The second kappa shape index (κ2) is 4.91. The summed E-state index contributed by atoms with van der Waals surface area (Å²) >= 11 is 0. The Morgan fingerprint density at radius 3 is 2.61 bits per heavy atom. The average Bonchev–Trinajstić information content (AvgIpc) is 2.81. The lowest BCUT2D eigenvalue weighted by atomic mass is 9.85. The van der Waals surface area contributed by atoms with Crippen LogP contribution in [0.1, 0.15) is 36.8 Å². The fourth-order valence-corrected chi connectivity index (χ4v) is 2.84. The average molecular weight is 249 g/mol. The first-order chi connectivity index (χ1) is 8.63. The van der Waals surface area contributed by atoms with Crippen molar-refractivity contribution in [3.05, 3.63) is 29.1 Å². The Labute approximate surface area is 106 Å². The molecular weight excluding hydrogens is 233 g/mol. The molecular formula is C14H16FNO2. The highest BCUT2D eigenvalue weighted by Crippen LogP contribution is 2.45. The highest BCUT2D eigenvalue weighted by molar-refractivity contribution is 5.47. The molecule has 1 aromatic rings. The zero-order chi connectivity index (χ0) is 13.2. The molecule has 0 aromatic heterocycles. The summed E-state index contributed by atoms with van der Waals surface area (Å²) < 4.78 is 18.8. The van der Waals surface area contributed by atoms with E-state index in [1.54, 1.807) is 6.08 Å². The predicted molar refractivity (Wildman–Crippen MR) is 66.0 cm³/mol. The smallest absolute Gasteiger partial charge is 0.235 e. The predicted octanol–water partition coefficient (Wildman–Crippen LogP) is 3.25. The summed E-state index contributed by atoms with van der Waals surface area (Å²) in [5.74, 6) is 0.136. The van der Waals surface area contributed by atoms with E-state index in [9.17, 15) is 9.18 Å². The summed E-state index contributed by atoms with van der Waals surface area (Å²) in [6.45, 7) is 1.87. The zero-order valence-electron chi connectivity index (χ0n) is 10.6. The number of methoxy groups -OCH3 is 1. The third-order valence-corrected chi connectivity index (χ3v) is 3.74. The highest BCUT2D eigenvalue weighted by atomic mass is 19.1. The maximum Gasteiger partial charge on any atom is 0.235 e. The van der Waals surface area contributed by atoms with Crippen LogP contribution in [0.25, 0.3) is 0 Å². The first-order valence-corrected chi connectivity index (χ1v) is 6.06. The van der Waals surface area contributed by atoms with E-state index < -0.39 is 5.54 Å². The van der Waals surface area contributed by atoms with E-state index in [-0.39, 0.29) is 5.82 Å². The summed E-state index contributed by atoms with van der Waals surface area (Å²) in [5.41, 5.74) is 0.987. The normalized spacial score (nSPS) is 17.3. The van der Waals surface area contributed by atoms with E-state index in [1.165, 1.54) is 19.2 Å². The van der Waals surface area contributed by atoms with Gasteiger partial charge in [0.25, 0.3) is 0 Å². The van der Waals surface area contributed by atoms with Gasteiger partial charge >= 0.3 is 0 Å². The van der Waals surface area contributed by atoms with Crippen molar-refractivity contribution in [3.8, 4) is 5.75 Å². The monoisotopic (exact) mass is 249 g/mol. The molecule has 0 bridgehead atoms. The van der Waals surface area contributed by atoms with Gasteiger partial charge in [0.15, 0.2) is 0 Å². The Bertz CT molecular complexity index is 501. The molecule has 0 N–H and O–H groups in total. The van der Waals surface area contributed by atoms with E-state index in [1.807, 2.05) is 6.92 Å². The Morgan fingerprint density at radius 2 is 2.06 bits per heavy atom. The molecule has 3 nitrogen and oxygen atoms in total. The molecule has 1 saturated carbocycles. The highest BCUT2D eigenvalue weighted by Gasteiger charge is 2.37. The first-order valence-electron chi connectivity index (χ1n) is 6.06. The van der Waals surface area contributed by atoms with Gasteiger partial charge in [0, 0.05) is 6.07 Å². The largest absolute Gasteiger partial charge is 0.496 e. The summed E-state index contributed by atoms with van der Waals surface area (Å²) in [7, 11) is 1.51. The van der Waals surface area contributed by atoms with Gasteiger partial charge in [-0.2, -0.15) is 4.99 Å². The quantitative estimate of drug-likeness (QED) is 0.609. The number of carbonyl (C=O) groups excluding carboxylic acids is 1. The van der Waals surface area contributed by atoms with Crippen molar-refractivity contribution in [3.63, 3.8) is 0 Å². The van der Waals surface area contributed by atoms with Crippen LogP contribution in [-0.4, -0.2) is 13.2 Å². The SMILES string of the molecule is COc1cc(F)cc(C2(N=C=O)CCCC2)c1C. The molecule has 1 aliphatic carbocycles. The van der Waals surface area contributed by atoms with Gasteiger partial charge in [0.2, 0.25) is 6.08 Å². The third-order valence-electron chi connectivity index (χ3n) is 3.74. The second-order valence-electron chi connectivity index (χ2n) is 4.72. The van der Waals surface area contributed by atoms with Crippen molar-refractivity contribution < 1.29 is 13.9 Å². The molecule has 1 fully saturated rings. The molecule has 18 heavy (non-hydrogen) atoms. The zero-order valence-corrected chi connectivity index (χ0v) is 10.6. The summed E-state index contributed by atoms with van der Waals surface area (Å²) in [6.07, 6.45) is 5.14. The lowest BCUT2D eigenvalue weighted by Crippen LogP contribution is -2.21. The van der Waals surface area contributed by atoms with Crippen molar-refractivity contribution >= 4 is 6.08 Å². The number of hydrogen-bond acceptors (Lipinski definition) is 3. The number of nitrogens with zero attached hydrogens (tertiary/aromatic N) is 1. The number of benzene rings is 1. The summed E-state index contributed by atoms with van der Waals surface area (Å²) in [5, 5.41) is 0. The van der Waals surface area contributed by atoms with Gasteiger partial charge in [-0.15, -0.1) is 0 Å². The molecule has 0 heterocycles. The first kappa shape index (κ1) is 12.8. The Balaban J connectivity index is 2.61. The van der Waals surface area contributed by atoms with Crippen LogP contribution < -0.4 is 4.74 Å². The Kier molecular flexibility index (Phi) is 3.48. The third kappa shape index (κ3) is 2.04. The molecule has 0 spiro atoms. The van der Waals surface area contributed by atoms with Gasteiger partial charge in [-0.3, -0.25) is 0 Å². The molecule has 96 valence electrons. The number of rotatable bonds is 3. The maximum atomic E-state index is 13.6. The van der Waals surface area contributed by atoms with Crippen LogP contribution in [0.4, 0.5) is 4.39 Å². The van der Waals surface area contributed by atoms with Crippen LogP contribution in [0.2, 0.25) is 0 Å².